The molecule has 1 aromatic rings. The summed E-state index contributed by atoms with van der Waals surface area (Å²) in [6.07, 6.45) is 2.18. The van der Waals surface area contributed by atoms with Gasteiger partial charge in [-0.2, -0.15) is 17.0 Å². The number of nitrogens with two attached hydrogens (primary N) is 1. The van der Waals surface area contributed by atoms with Crippen LogP contribution in [-0.4, -0.2) is 70.0 Å². The number of nitrogens with one attached hydrogen (secondary N) is 1. The van der Waals surface area contributed by atoms with Gasteiger partial charge < -0.3 is 5.73 Å². The average molecular weight is 513 g/mol. The molecule has 3 N–H and O–H groups in total. The van der Waals surface area contributed by atoms with Gasteiger partial charge in [-0.3, -0.25) is 0 Å². The first kappa shape index (κ1) is 26.4. The Morgan fingerprint density at radius 3 is 2.18 bits per heavy atom. The van der Waals surface area contributed by atoms with Crippen LogP contribution in [0.15, 0.2) is 12.1 Å². The largest absolute Gasteiger partial charge is 0.327 e. The van der Waals surface area contributed by atoms with Crippen LogP contribution in [0.2, 0.25) is 0 Å². The molecule has 0 aromatic heterocycles. The molecule has 3 rings (SSSR count). The van der Waals surface area contributed by atoms with Gasteiger partial charge in [0.25, 0.3) is 10.2 Å². The third kappa shape index (κ3) is 5.54. The maximum absolute atomic E-state index is 14.1. The van der Waals surface area contributed by atoms with E-state index in [4.69, 9.17) is 5.73 Å². The van der Waals surface area contributed by atoms with Crippen LogP contribution in [0.25, 0.3) is 0 Å². The predicted octanol–water partition coefficient (Wildman–Crippen LogP) is 1.33. The van der Waals surface area contributed by atoms with Crippen molar-refractivity contribution < 1.29 is 30.0 Å². The van der Waals surface area contributed by atoms with Crippen LogP contribution in [0.4, 0.5) is 13.2 Å². The minimum Gasteiger partial charge on any atom is -0.327 e. The van der Waals surface area contributed by atoms with Crippen LogP contribution < -0.4 is 10.5 Å². The second-order valence-corrected chi connectivity index (χ2v) is 13.4. The maximum Gasteiger partial charge on any atom is 0.278 e. The average Bonchev–Trinajstić information content (AvgIpc) is 2.99. The number of nitrogens with zero attached hydrogens (tertiary/aromatic N) is 2. The van der Waals surface area contributed by atoms with Gasteiger partial charge in [0.05, 0.1) is 5.75 Å². The Morgan fingerprint density at radius 2 is 1.64 bits per heavy atom. The molecule has 2 aliphatic rings. The number of hydrogen-bond acceptors (Lipinski definition) is 5. The summed E-state index contributed by atoms with van der Waals surface area (Å²) in [6.45, 7) is 1.67. The Balaban J connectivity index is 1.69. The van der Waals surface area contributed by atoms with Gasteiger partial charge in [0, 0.05) is 44.8 Å². The lowest BCUT2D eigenvalue weighted by atomic mass is 9.70. The second kappa shape index (κ2) is 9.42. The van der Waals surface area contributed by atoms with Crippen molar-refractivity contribution in [2.45, 2.75) is 57.2 Å². The molecule has 0 saturated carbocycles. The number of hydrogen-bond donors (Lipinski definition) is 2. The number of halogens is 3. The Kier molecular flexibility index (Phi) is 7.52. The van der Waals surface area contributed by atoms with E-state index in [0.29, 0.717) is 31.7 Å². The van der Waals surface area contributed by atoms with E-state index in [1.54, 1.807) is 0 Å². The normalized spacial score (nSPS) is 27.3. The molecular weight excluding hydrogens is 481 g/mol. The highest BCUT2D eigenvalue weighted by Crippen LogP contribution is 2.48. The zero-order valence-corrected chi connectivity index (χ0v) is 20.5. The van der Waals surface area contributed by atoms with Crippen molar-refractivity contribution in [1.82, 2.24) is 13.3 Å². The summed E-state index contributed by atoms with van der Waals surface area (Å²) in [5.74, 6) is -3.64. The number of sulfonamides is 1. The molecule has 0 radical (unpaired) electrons. The van der Waals surface area contributed by atoms with Crippen molar-refractivity contribution in [2.75, 3.05) is 26.4 Å². The molecule has 2 bridgehead atoms. The quantitative estimate of drug-likeness (QED) is 0.485. The summed E-state index contributed by atoms with van der Waals surface area (Å²) < 4.78 is 95.3. The van der Waals surface area contributed by atoms with Crippen LogP contribution in [0, 0.1) is 22.9 Å². The zero-order valence-electron chi connectivity index (χ0n) is 18.9. The van der Waals surface area contributed by atoms with E-state index in [1.807, 2.05) is 6.92 Å². The molecule has 33 heavy (non-hydrogen) atoms. The van der Waals surface area contributed by atoms with Gasteiger partial charge in [-0.05, 0) is 49.1 Å². The van der Waals surface area contributed by atoms with Crippen molar-refractivity contribution in [2.24, 2.45) is 11.1 Å². The summed E-state index contributed by atoms with van der Waals surface area (Å²) in [4.78, 5) is 0. The fourth-order valence-corrected chi connectivity index (χ4v) is 7.56. The molecule has 2 saturated heterocycles. The van der Waals surface area contributed by atoms with E-state index >= 15 is 0 Å². The highest BCUT2D eigenvalue weighted by Gasteiger charge is 2.52. The molecule has 1 aromatic carbocycles. The molecule has 8 nitrogen and oxygen atoms in total. The second-order valence-electron chi connectivity index (χ2n) is 9.44. The molecule has 1 unspecified atom stereocenters. The van der Waals surface area contributed by atoms with E-state index < -0.39 is 49.1 Å². The molecule has 0 spiro atoms. The monoisotopic (exact) mass is 512 g/mol. The minimum absolute atomic E-state index is 0.00195. The van der Waals surface area contributed by atoms with E-state index in [1.165, 1.54) is 18.4 Å². The maximum atomic E-state index is 14.1. The van der Waals surface area contributed by atoms with Gasteiger partial charge in [-0.1, -0.05) is 6.92 Å². The summed E-state index contributed by atoms with van der Waals surface area (Å²) in [7, 11) is -4.76. The van der Waals surface area contributed by atoms with E-state index in [9.17, 15) is 30.0 Å². The van der Waals surface area contributed by atoms with Crippen LogP contribution in [-0.2, 0) is 26.7 Å². The van der Waals surface area contributed by atoms with Gasteiger partial charge in [0.1, 0.15) is 5.82 Å². The summed E-state index contributed by atoms with van der Waals surface area (Å²) in [5, 5.41) is 0. The molecule has 2 aliphatic heterocycles. The van der Waals surface area contributed by atoms with Crippen molar-refractivity contribution >= 4 is 20.2 Å². The van der Waals surface area contributed by atoms with Crippen LogP contribution in [0.5, 0.6) is 0 Å². The predicted molar refractivity (Wildman–Crippen MR) is 118 cm³/mol. The molecule has 188 valence electrons. The lowest BCUT2D eigenvalue weighted by molar-refractivity contribution is 0.0876. The minimum atomic E-state index is -3.73. The Morgan fingerprint density at radius 1 is 1.09 bits per heavy atom. The zero-order chi connectivity index (χ0) is 24.8. The Bertz CT molecular complexity index is 1080. The first-order valence-corrected chi connectivity index (χ1v) is 13.8. The highest BCUT2D eigenvalue weighted by atomic mass is 32.2. The van der Waals surface area contributed by atoms with Gasteiger partial charge in [0.15, 0.2) is 11.6 Å². The number of piperidine rings is 1. The van der Waals surface area contributed by atoms with Crippen molar-refractivity contribution in [3.05, 3.63) is 35.1 Å². The Labute approximate surface area is 193 Å². The van der Waals surface area contributed by atoms with Crippen LogP contribution in [0.3, 0.4) is 0 Å². The lowest BCUT2D eigenvalue weighted by Gasteiger charge is -2.47. The van der Waals surface area contributed by atoms with Gasteiger partial charge >= 0.3 is 0 Å². The molecule has 13 heteroatoms. The SMILES string of the molecule is CN(C)S(=O)(=O)NCCS(=O)(=O)N1[C@@H]2CC[C@H]1C[C@](C)(C(N)Cc1cc(F)c(F)cc1F)C2. The van der Waals surface area contributed by atoms with E-state index in [-0.39, 0.29) is 36.4 Å². The summed E-state index contributed by atoms with van der Waals surface area (Å²) in [5.41, 5.74) is 5.86. The van der Waals surface area contributed by atoms with Gasteiger partial charge in [-0.25, -0.2) is 26.3 Å². The van der Waals surface area contributed by atoms with Crippen molar-refractivity contribution in [1.29, 1.82) is 0 Å². The molecule has 0 aliphatic carbocycles. The Hall–Kier alpha value is -1.25. The lowest BCUT2D eigenvalue weighted by Crippen LogP contribution is -2.56. The molecule has 0 amide bonds. The van der Waals surface area contributed by atoms with Crippen LogP contribution in [0.1, 0.15) is 38.2 Å². The van der Waals surface area contributed by atoms with Gasteiger partial charge in [-0.15, -0.1) is 0 Å². The molecule has 2 heterocycles. The molecular formula is C20H31F3N4O4S2. The van der Waals surface area contributed by atoms with Crippen LogP contribution >= 0.6 is 0 Å². The first-order valence-electron chi connectivity index (χ1n) is 10.7. The third-order valence-electron chi connectivity index (χ3n) is 6.83. The van der Waals surface area contributed by atoms with Gasteiger partial charge in [0.2, 0.25) is 10.0 Å². The first-order chi connectivity index (χ1) is 15.2. The standard InChI is InChI=1S/C20H31F3N4O4S2/c1-20(19(24)9-13-8-17(22)18(23)10-16(13)21)11-14-4-5-15(12-20)27(14)32(28,29)7-6-25-33(30,31)26(2)3/h8,10,14-15,19,25H,4-7,9,11-12,24H2,1-3H3/t14-,15+,19?,20-. The number of benzene rings is 1. The highest BCUT2D eigenvalue weighted by molar-refractivity contribution is 7.89. The fraction of sp³-hybridized carbons (Fsp3) is 0.700. The smallest absolute Gasteiger partial charge is 0.278 e. The summed E-state index contributed by atoms with van der Waals surface area (Å²) >= 11 is 0. The third-order valence-corrected chi connectivity index (χ3v) is 10.3. The van der Waals surface area contributed by atoms with E-state index in [0.717, 1.165) is 10.4 Å². The topological polar surface area (TPSA) is 113 Å². The summed E-state index contributed by atoms with van der Waals surface area (Å²) in [6, 6.07) is 0.131. The van der Waals surface area contributed by atoms with Crippen molar-refractivity contribution in [3.63, 3.8) is 0 Å². The van der Waals surface area contributed by atoms with Crippen molar-refractivity contribution in [3.8, 4) is 0 Å². The number of rotatable bonds is 9. The molecule has 2 fully saturated rings. The van der Waals surface area contributed by atoms with E-state index in [2.05, 4.69) is 4.72 Å². The number of fused-ring (bicyclic) bond motifs is 2. The fourth-order valence-electron chi connectivity index (χ4n) is 4.98. The molecule has 4 atom stereocenters.